The summed E-state index contributed by atoms with van der Waals surface area (Å²) in [4.78, 5) is 33.6. The van der Waals surface area contributed by atoms with Crippen LogP contribution in [0.3, 0.4) is 0 Å². The van der Waals surface area contributed by atoms with Gasteiger partial charge in [-0.3, -0.25) is 9.59 Å². The molecule has 1 atom stereocenters. The van der Waals surface area contributed by atoms with Crippen LogP contribution in [0.2, 0.25) is 0 Å². The van der Waals surface area contributed by atoms with Gasteiger partial charge in [0.1, 0.15) is 11.6 Å². The largest absolute Gasteiger partial charge is 0.339 e. The van der Waals surface area contributed by atoms with Crippen molar-refractivity contribution in [2.24, 2.45) is 0 Å². The normalized spacial score (nSPS) is 17.1. The Bertz CT molecular complexity index is 830. The molecule has 1 aliphatic rings. The molecule has 0 spiro atoms. The Morgan fingerprint density at radius 3 is 2.72 bits per heavy atom. The van der Waals surface area contributed by atoms with Crippen molar-refractivity contribution in [3.05, 3.63) is 63.1 Å². The third-order valence-corrected chi connectivity index (χ3v) is 4.75. The first-order valence-corrected chi connectivity index (χ1v) is 8.54. The summed E-state index contributed by atoms with van der Waals surface area (Å²) in [5.41, 5.74) is 1.80. The van der Waals surface area contributed by atoms with E-state index in [2.05, 4.69) is 9.97 Å². The number of nitrogens with zero attached hydrogens (tertiary/aromatic N) is 2. The molecule has 0 radical (unpaired) electrons. The highest BCUT2D eigenvalue weighted by molar-refractivity contribution is 5.79. The van der Waals surface area contributed by atoms with Crippen LogP contribution in [0.5, 0.6) is 0 Å². The number of carbonyl (C=O) groups excluding carboxylic acids is 1. The molecule has 1 amide bonds. The van der Waals surface area contributed by atoms with Crippen LogP contribution in [-0.4, -0.2) is 33.4 Å². The molecule has 3 rings (SSSR count). The van der Waals surface area contributed by atoms with Gasteiger partial charge in [-0.05, 0) is 50.8 Å². The molecule has 1 unspecified atom stereocenters. The molecule has 25 heavy (non-hydrogen) atoms. The average Bonchev–Trinajstić information content (AvgIpc) is 3.01. The number of amides is 1. The van der Waals surface area contributed by atoms with E-state index in [-0.39, 0.29) is 29.7 Å². The van der Waals surface area contributed by atoms with Crippen molar-refractivity contribution in [3.8, 4) is 0 Å². The third-order valence-electron chi connectivity index (χ3n) is 4.75. The van der Waals surface area contributed by atoms with Gasteiger partial charge >= 0.3 is 0 Å². The van der Waals surface area contributed by atoms with E-state index in [4.69, 9.17) is 0 Å². The Morgan fingerprint density at radius 1 is 1.32 bits per heavy atom. The van der Waals surface area contributed by atoms with Gasteiger partial charge in [0, 0.05) is 23.8 Å². The molecule has 1 aromatic carbocycles. The predicted octanol–water partition coefficient (Wildman–Crippen LogP) is 2.30. The SMILES string of the molecule is Cc1nc(C)c(CC(=O)N2CCCC2Cc2ccc(F)cc2)c(=O)[nH]1. The number of carbonyl (C=O) groups is 1. The highest BCUT2D eigenvalue weighted by atomic mass is 19.1. The number of aryl methyl sites for hydroxylation is 2. The first-order chi connectivity index (χ1) is 11.9. The summed E-state index contributed by atoms with van der Waals surface area (Å²) >= 11 is 0. The molecule has 1 fully saturated rings. The van der Waals surface area contributed by atoms with Crippen LogP contribution in [0.1, 0.15) is 35.5 Å². The maximum atomic E-state index is 13.0. The molecule has 6 heteroatoms. The number of halogens is 1. The van der Waals surface area contributed by atoms with E-state index in [0.29, 0.717) is 30.0 Å². The lowest BCUT2D eigenvalue weighted by Crippen LogP contribution is -2.39. The number of hydrogen-bond acceptors (Lipinski definition) is 3. The zero-order chi connectivity index (χ0) is 18.0. The zero-order valence-electron chi connectivity index (χ0n) is 14.5. The third kappa shape index (κ3) is 3.95. The van der Waals surface area contributed by atoms with Crippen molar-refractivity contribution in [2.75, 3.05) is 6.54 Å². The summed E-state index contributed by atoms with van der Waals surface area (Å²) in [6, 6.07) is 6.49. The number of rotatable bonds is 4. The summed E-state index contributed by atoms with van der Waals surface area (Å²) in [6.45, 7) is 4.17. The molecule has 1 N–H and O–H groups in total. The maximum Gasteiger partial charge on any atom is 0.254 e. The van der Waals surface area contributed by atoms with Crippen LogP contribution in [0.15, 0.2) is 29.1 Å². The van der Waals surface area contributed by atoms with E-state index in [1.165, 1.54) is 12.1 Å². The van der Waals surface area contributed by atoms with E-state index < -0.39 is 0 Å². The number of aromatic amines is 1. The van der Waals surface area contributed by atoms with E-state index >= 15 is 0 Å². The minimum Gasteiger partial charge on any atom is -0.339 e. The molecule has 5 nitrogen and oxygen atoms in total. The van der Waals surface area contributed by atoms with Gasteiger partial charge in [0.2, 0.25) is 5.91 Å². The maximum absolute atomic E-state index is 13.0. The van der Waals surface area contributed by atoms with Crippen molar-refractivity contribution in [2.45, 2.75) is 45.6 Å². The van der Waals surface area contributed by atoms with Crippen LogP contribution in [0, 0.1) is 19.7 Å². The Balaban J connectivity index is 1.73. The number of nitrogens with one attached hydrogen (secondary N) is 1. The molecule has 0 bridgehead atoms. The summed E-state index contributed by atoms with van der Waals surface area (Å²) in [7, 11) is 0. The monoisotopic (exact) mass is 343 g/mol. The topological polar surface area (TPSA) is 66.1 Å². The molecular weight excluding hydrogens is 321 g/mol. The van der Waals surface area contributed by atoms with Crippen molar-refractivity contribution in [1.29, 1.82) is 0 Å². The predicted molar refractivity (Wildman–Crippen MR) is 92.9 cm³/mol. The minimum absolute atomic E-state index is 0.0520. The molecule has 1 aromatic heterocycles. The van der Waals surface area contributed by atoms with Crippen LogP contribution in [-0.2, 0) is 17.6 Å². The van der Waals surface area contributed by atoms with Gasteiger partial charge in [0.05, 0.1) is 6.42 Å². The van der Waals surface area contributed by atoms with E-state index in [9.17, 15) is 14.0 Å². The Kier molecular flexibility index (Phi) is 4.97. The van der Waals surface area contributed by atoms with Gasteiger partial charge in [-0.1, -0.05) is 12.1 Å². The number of likely N-dealkylation sites (tertiary alicyclic amines) is 1. The fourth-order valence-corrected chi connectivity index (χ4v) is 3.48. The lowest BCUT2D eigenvalue weighted by molar-refractivity contribution is -0.131. The Morgan fingerprint density at radius 2 is 2.04 bits per heavy atom. The van der Waals surface area contributed by atoms with Crippen molar-refractivity contribution < 1.29 is 9.18 Å². The van der Waals surface area contributed by atoms with Gasteiger partial charge in [-0.2, -0.15) is 0 Å². The highest BCUT2D eigenvalue weighted by Crippen LogP contribution is 2.22. The number of aromatic nitrogens is 2. The van der Waals surface area contributed by atoms with Gasteiger partial charge < -0.3 is 9.88 Å². The van der Waals surface area contributed by atoms with Crippen LogP contribution in [0.4, 0.5) is 4.39 Å². The molecular formula is C19H22FN3O2. The van der Waals surface area contributed by atoms with Crippen LogP contribution in [0.25, 0.3) is 0 Å². The first-order valence-electron chi connectivity index (χ1n) is 8.54. The van der Waals surface area contributed by atoms with Crippen molar-refractivity contribution in [3.63, 3.8) is 0 Å². The second-order valence-corrected chi connectivity index (χ2v) is 6.61. The van der Waals surface area contributed by atoms with Crippen molar-refractivity contribution >= 4 is 5.91 Å². The van der Waals surface area contributed by atoms with Crippen molar-refractivity contribution in [1.82, 2.24) is 14.9 Å². The molecule has 132 valence electrons. The average molecular weight is 343 g/mol. The Labute approximate surface area is 145 Å². The molecule has 0 aliphatic carbocycles. The number of benzene rings is 1. The molecule has 1 aliphatic heterocycles. The second kappa shape index (κ2) is 7.17. The molecule has 2 aromatic rings. The summed E-state index contributed by atoms with van der Waals surface area (Å²) in [6.07, 6.45) is 2.63. The number of hydrogen-bond donors (Lipinski definition) is 1. The van der Waals surface area contributed by atoms with Crippen LogP contribution < -0.4 is 5.56 Å². The highest BCUT2D eigenvalue weighted by Gasteiger charge is 2.29. The standard InChI is InChI=1S/C19H22FN3O2/c1-12-17(19(25)22-13(2)21-12)11-18(24)23-9-3-4-16(23)10-14-5-7-15(20)8-6-14/h5-8,16H,3-4,9-11H2,1-2H3,(H,21,22,25). The number of H-pyrrole nitrogens is 1. The summed E-state index contributed by atoms with van der Waals surface area (Å²) in [5.74, 6) is 0.239. The lowest BCUT2D eigenvalue weighted by atomic mass is 10.0. The molecule has 1 saturated heterocycles. The van der Waals surface area contributed by atoms with Gasteiger partial charge in [-0.15, -0.1) is 0 Å². The van der Waals surface area contributed by atoms with Gasteiger partial charge in [0.25, 0.3) is 5.56 Å². The first kappa shape index (κ1) is 17.3. The van der Waals surface area contributed by atoms with Gasteiger partial charge in [0.15, 0.2) is 0 Å². The summed E-state index contributed by atoms with van der Waals surface area (Å²) < 4.78 is 13.0. The van der Waals surface area contributed by atoms with E-state index in [1.807, 2.05) is 4.90 Å². The lowest BCUT2D eigenvalue weighted by Gasteiger charge is -2.25. The van der Waals surface area contributed by atoms with E-state index in [1.54, 1.807) is 26.0 Å². The Hall–Kier alpha value is -2.50. The fourth-order valence-electron chi connectivity index (χ4n) is 3.48. The smallest absolute Gasteiger partial charge is 0.254 e. The molecule has 0 saturated carbocycles. The zero-order valence-corrected chi connectivity index (χ0v) is 14.5. The fraction of sp³-hybridized carbons (Fsp3) is 0.421. The second-order valence-electron chi connectivity index (χ2n) is 6.61. The minimum atomic E-state index is -0.260. The van der Waals surface area contributed by atoms with Gasteiger partial charge in [-0.25, -0.2) is 9.37 Å². The van der Waals surface area contributed by atoms with Crippen LogP contribution >= 0.6 is 0 Å². The molecule has 2 heterocycles. The van der Waals surface area contributed by atoms with E-state index in [0.717, 1.165) is 18.4 Å². The quantitative estimate of drug-likeness (QED) is 0.926. The summed E-state index contributed by atoms with van der Waals surface area (Å²) in [5, 5.41) is 0.